The van der Waals surface area contributed by atoms with Crippen molar-refractivity contribution in [3.8, 4) is 0 Å². The van der Waals surface area contributed by atoms with E-state index in [0.29, 0.717) is 0 Å². The first-order valence-electron chi connectivity index (χ1n) is 4.18. The van der Waals surface area contributed by atoms with E-state index in [0.717, 1.165) is 0 Å². The molecule has 1 rings (SSSR count). The Hall–Kier alpha value is -0.330. The third kappa shape index (κ3) is 3.33. The SMILES string of the molecule is NC(CC(F)(F)F)c1ccc(Br)c(Cl)c1F. The highest BCUT2D eigenvalue weighted by Crippen LogP contribution is 2.33. The molecule has 0 aliphatic carbocycles. The van der Waals surface area contributed by atoms with Crippen molar-refractivity contribution in [3.63, 3.8) is 0 Å². The molecule has 0 aliphatic rings. The molecule has 0 aliphatic heterocycles. The lowest BCUT2D eigenvalue weighted by atomic mass is 10.0. The molecule has 0 radical (unpaired) electrons. The molecule has 1 aromatic carbocycles. The fourth-order valence-electron chi connectivity index (χ4n) is 1.19. The van der Waals surface area contributed by atoms with Gasteiger partial charge in [-0.15, -0.1) is 0 Å². The summed E-state index contributed by atoms with van der Waals surface area (Å²) < 4.78 is 49.9. The van der Waals surface area contributed by atoms with Crippen LogP contribution in [0.3, 0.4) is 0 Å². The molecule has 1 atom stereocenters. The van der Waals surface area contributed by atoms with E-state index >= 15 is 0 Å². The molecule has 0 saturated carbocycles. The topological polar surface area (TPSA) is 26.0 Å². The van der Waals surface area contributed by atoms with E-state index in [-0.39, 0.29) is 15.1 Å². The molecule has 0 aromatic heterocycles. The first kappa shape index (κ1) is 13.7. The smallest absolute Gasteiger partial charge is 0.324 e. The Morgan fingerprint density at radius 1 is 1.38 bits per heavy atom. The van der Waals surface area contributed by atoms with Crippen LogP contribution in [0.4, 0.5) is 17.6 Å². The number of hydrogen-bond acceptors (Lipinski definition) is 1. The van der Waals surface area contributed by atoms with E-state index in [1.54, 1.807) is 0 Å². The number of nitrogens with two attached hydrogens (primary N) is 1. The molecule has 0 bridgehead atoms. The fourth-order valence-corrected chi connectivity index (χ4v) is 1.66. The Labute approximate surface area is 103 Å². The molecule has 1 unspecified atom stereocenters. The molecule has 0 heterocycles. The average molecular weight is 321 g/mol. The predicted molar refractivity (Wildman–Crippen MR) is 56.7 cm³/mol. The zero-order valence-corrected chi connectivity index (χ0v) is 10.1. The highest BCUT2D eigenvalue weighted by atomic mass is 79.9. The minimum atomic E-state index is -4.44. The second kappa shape index (κ2) is 4.89. The maximum Gasteiger partial charge on any atom is 0.390 e. The van der Waals surface area contributed by atoms with Crippen LogP contribution in [-0.4, -0.2) is 6.18 Å². The minimum absolute atomic E-state index is 0.245. The van der Waals surface area contributed by atoms with Crippen LogP contribution in [0.1, 0.15) is 18.0 Å². The maximum absolute atomic E-state index is 13.5. The van der Waals surface area contributed by atoms with Crippen molar-refractivity contribution in [2.45, 2.75) is 18.6 Å². The summed E-state index contributed by atoms with van der Waals surface area (Å²) in [4.78, 5) is 0. The van der Waals surface area contributed by atoms with E-state index in [4.69, 9.17) is 17.3 Å². The molecule has 7 heteroatoms. The largest absolute Gasteiger partial charge is 0.390 e. The lowest BCUT2D eigenvalue weighted by Gasteiger charge is -2.16. The van der Waals surface area contributed by atoms with Crippen molar-refractivity contribution < 1.29 is 17.6 Å². The Bertz CT molecular complexity index is 394. The van der Waals surface area contributed by atoms with E-state index < -0.39 is 24.5 Å². The fraction of sp³-hybridized carbons (Fsp3) is 0.333. The van der Waals surface area contributed by atoms with Gasteiger partial charge in [0.15, 0.2) is 0 Å². The monoisotopic (exact) mass is 319 g/mol. The van der Waals surface area contributed by atoms with Gasteiger partial charge in [-0.1, -0.05) is 17.7 Å². The van der Waals surface area contributed by atoms with Gasteiger partial charge in [0.05, 0.1) is 11.4 Å². The molecule has 90 valence electrons. The molecule has 2 N–H and O–H groups in total. The van der Waals surface area contributed by atoms with Gasteiger partial charge in [-0.25, -0.2) is 4.39 Å². The van der Waals surface area contributed by atoms with E-state index in [9.17, 15) is 17.6 Å². The lowest BCUT2D eigenvalue weighted by Crippen LogP contribution is -2.21. The number of hydrogen-bond donors (Lipinski definition) is 1. The van der Waals surface area contributed by atoms with Crippen molar-refractivity contribution in [3.05, 3.63) is 33.0 Å². The van der Waals surface area contributed by atoms with Crippen molar-refractivity contribution in [1.29, 1.82) is 0 Å². The minimum Gasteiger partial charge on any atom is -0.324 e. The van der Waals surface area contributed by atoms with Crippen LogP contribution in [0.15, 0.2) is 16.6 Å². The van der Waals surface area contributed by atoms with Gasteiger partial charge in [0, 0.05) is 16.1 Å². The van der Waals surface area contributed by atoms with E-state index in [1.165, 1.54) is 12.1 Å². The number of halogens is 6. The van der Waals surface area contributed by atoms with Crippen LogP contribution in [0, 0.1) is 5.82 Å². The molecule has 0 saturated heterocycles. The quantitative estimate of drug-likeness (QED) is 0.641. The number of rotatable bonds is 2. The lowest BCUT2D eigenvalue weighted by molar-refractivity contribution is -0.138. The van der Waals surface area contributed by atoms with Crippen molar-refractivity contribution in [1.82, 2.24) is 0 Å². The summed E-state index contributed by atoms with van der Waals surface area (Å²) in [5, 5.41) is -0.268. The summed E-state index contributed by atoms with van der Waals surface area (Å²) in [6.45, 7) is 0. The van der Waals surface area contributed by atoms with E-state index in [1.807, 2.05) is 0 Å². The highest BCUT2D eigenvalue weighted by molar-refractivity contribution is 9.10. The summed E-state index contributed by atoms with van der Waals surface area (Å²) in [7, 11) is 0. The molecule has 0 fully saturated rings. The molecular formula is C9H7BrClF4N. The standard InChI is InChI=1S/C9H7BrClF4N/c10-5-2-1-4(8(12)7(5)11)6(16)3-9(13,14)15/h1-2,6H,3,16H2. The summed E-state index contributed by atoms with van der Waals surface area (Å²) >= 11 is 8.50. The number of benzene rings is 1. The number of alkyl halides is 3. The normalized spacial score (nSPS) is 13.9. The molecular weight excluding hydrogens is 313 g/mol. The second-order valence-corrected chi connectivity index (χ2v) is 4.42. The summed E-state index contributed by atoms with van der Waals surface area (Å²) in [6.07, 6.45) is -5.73. The maximum atomic E-state index is 13.5. The van der Waals surface area contributed by atoms with Gasteiger partial charge in [-0.2, -0.15) is 13.2 Å². The zero-order chi connectivity index (χ0) is 12.5. The predicted octanol–water partition coefficient (Wildman–Crippen LogP) is 4.19. The van der Waals surface area contributed by atoms with Gasteiger partial charge in [0.1, 0.15) is 5.82 Å². The molecule has 0 amide bonds. The summed E-state index contributed by atoms with van der Waals surface area (Å²) in [5.41, 5.74) is 5.02. The van der Waals surface area contributed by atoms with Crippen LogP contribution < -0.4 is 5.73 Å². The average Bonchev–Trinajstić information content (AvgIpc) is 2.11. The summed E-state index contributed by atoms with van der Waals surface area (Å²) in [6, 6.07) is 1.09. The first-order chi connectivity index (χ1) is 7.22. The Morgan fingerprint density at radius 2 is 1.94 bits per heavy atom. The Kier molecular flexibility index (Phi) is 4.20. The van der Waals surface area contributed by atoms with Gasteiger partial charge in [0.2, 0.25) is 0 Å². The van der Waals surface area contributed by atoms with E-state index in [2.05, 4.69) is 15.9 Å². The van der Waals surface area contributed by atoms with Gasteiger partial charge in [0.25, 0.3) is 0 Å². The first-order valence-corrected chi connectivity index (χ1v) is 5.35. The van der Waals surface area contributed by atoms with Crippen molar-refractivity contribution in [2.75, 3.05) is 0 Å². The second-order valence-electron chi connectivity index (χ2n) is 3.19. The molecule has 1 nitrogen and oxygen atoms in total. The van der Waals surface area contributed by atoms with Gasteiger partial charge < -0.3 is 5.73 Å². The zero-order valence-electron chi connectivity index (χ0n) is 7.78. The van der Waals surface area contributed by atoms with Crippen LogP contribution in [0.25, 0.3) is 0 Å². The van der Waals surface area contributed by atoms with Crippen LogP contribution in [0.5, 0.6) is 0 Å². The third-order valence-electron chi connectivity index (χ3n) is 1.92. The van der Waals surface area contributed by atoms with Crippen molar-refractivity contribution >= 4 is 27.5 Å². The Morgan fingerprint density at radius 3 is 2.44 bits per heavy atom. The van der Waals surface area contributed by atoms with Gasteiger partial charge >= 0.3 is 6.18 Å². The van der Waals surface area contributed by atoms with Crippen LogP contribution in [-0.2, 0) is 0 Å². The van der Waals surface area contributed by atoms with Crippen molar-refractivity contribution in [2.24, 2.45) is 5.73 Å². The molecule has 1 aromatic rings. The highest BCUT2D eigenvalue weighted by Gasteiger charge is 2.32. The van der Waals surface area contributed by atoms with Crippen LogP contribution in [0.2, 0.25) is 5.02 Å². The molecule has 0 spiro atoms. The summed E-state index contributed by atoms with van der Waals surface area (Å²) in [5.74, 6) is -0.923. The molecule has 16 heavy (non-hydrogen) atoms. The van der Waals surface area contributed by atoms with Gasteiger partial charge in [-0.05, 0) is 22.0 Å². The van der Waals surface area contributed by atoms with Gasteiger partial charge in [-0.3, -0.25) is 0 Å². The Balaban J connectivity index is 3.01. The third-order valence-corrected chi connectivity index (χ3v) is 3.17. The van der Waals surface area contributed by atoms with Crippen LogP contribution >= 0.6 is 27.5 Å².